The van der Waals surface area contributed by atoms with E-state index in [1.807, 2.05) is 30.3 Å². The maximum Gasteiger partial charge on any atom is 0.305 e. The first-order chi connectivity index (χ1) is 13.6. The number of hydrogen-bond donors (Lipinski definition) is 3. The summed E-state index contributed by atoms with van der Waals surface area (Å²) in [7, 11) is 0. The highest BCUT2D eigenvalue weighted by atomic mass is 16.5. The minimum atomic E-state index is -0.571. The number of carbonyl (C=O) groups excluding carboxylic acids is 3. The molecule has 28 heavy (non-hydrogen) atoms. The lowest BCUT2D eigenvalue weighted by atomic mass is 10.2. The molecule has 1 saturated heterocycles. The minimum absolute atomic E-state index is 0.0351. The third kappa shape index (κ3) is 5.68. The zero-order valence-electron chi connectivity index (χ0n) is 15.4. The molecule has 3 N–H and O–H groups in total. The highest BCUT2D eigenvalue weighted by Crippen LogP contribution is 2.21. The summed E-state index contributed by atoms with van der Waals surface area (Å²) in [6.07, 6.45) is 2.00. The molecule has 1 unspecified atom stereocenters. The predicted octanol–water partition coefficient (Wildman–Crippen LogP) is 1.78. The molecule has 148 valence electrons. The minimum Gasteiger partial charge on any atom is -0.451 e. The van der Waals surface area contributed by atoms with Gasteiger partial charge in [0.25, 0.3) is 0 Å². The Morgan fingerprint density at radius 1 is 0.964 bits per heavy atom. The number of nitrogens with one attached hydrogen (secondary N) is 3. The van der Waals surface area contributed by atoms with Crippen molar-refractivity contribution in [3.05, 3.63) is 48.2 Å². The number of hydrazine groups is 1. The summed E-state index contributed by atoms with van der Waals surface area (Å²) < 4.78 is 10.9. The molecule has 0 aliphatic carbocycles. The first kappa shape index (κ1) is 19.6. The smallest absolute Gasteiger partial charge is 0.305 e. The van der Waals surface area contributed by atoms with Crippen molar-refractivity contribution in [1.82, 2.24) is 16.2 Å². The van der Waals surface area contributed by atoms with Gasteiger partial charge in [-0.25, -0.2) is 0 Å². The summed E-state index contributed by atoms with van der Waals surface area (Å²) in [5.74, 6) is -0.627. The van der Waals surface area contributed by atoms with Gasteiger partial charge >= 0.3 is 5.91 Å². The van der Waals surface area contributed by atoms with Gasteiger partial charge in [0.1, 0.15) is 5.76 Å². The molecule has 3 rings (SSSR count). The summed E-state index contributed by atoms with van der Waals surface area (Å²) in [5, 5.41) is 2.74. The standard InChI is InChI=1S/C20H23N3O5/c24-18(21-13-15-7-4-12-27-15)10-11-19(25)22-23-20(26)17-9-8-16(28-17)14-5-2-1-3-6-14/h1-3,5-6,8-9,15H,4,7,10-13H2,(H,21,24)(H,22,25)(H,23,26). The zero-order valence-corrected chi connectivity index (χ0v) is 15.4. The van der Waals surface area contributed by atoms with Crippen LogP contribution in [0.4, 0.5) is 0 Å². The highest BCUT2D eigenvalue weighted by Gasteiger charge is 2.17. The van der Waals surface area contributed by atoms with Crippen molar-refractivity contribution in [2.75, 3.05) is 13.2 Å². The molecule has 3 amide bonds. The van der Waals surface area contributed by atoms with E-state index in [1.54, 1.807) is 6.07 Å². The molecule has 8 nitrogen and oxygen atoms in total. The Labute approximate surface area is 162 Å². The number of benzene rings is 1. The molecule has 0 spiro atoms. The van der Waals surface area contributed by atoms with Crippen molar-refractivity contribution in [3.63, 3.8) is 0 Å². The van der Waals surface area contributed by atoms with Gasteiger partial charge in [-0.2, -0.15) is 0 Å². The van der Waals surface area contributed by atoms with Gasteiger partial charge in [0.2, 0.25) is 11.8 Å². The lowest BCUT2D eigenvalue weighted by molar-refractivity contribution is -0.127. The van der Waals surface area contributed by atoms with E-state index >= 15 is 0 Å². The van der Waals surface area contributed by atoms with Crippen molar-refractivity contribution < 1.29 is 23.5 Å². The second-order valence-electron chi connectivity index (χ2n) is 6.47. The van der Waals surface area contributed by atoms with Crippen LogP contribution in [0, 0.1) is 0 Å². The second-order valence-corrected chi connectivity index (χ2v) is 6.47. The average Bonchev–Trinajstić information content (AvgIpc) is 3.41. The summed E-state index contributed by atoms with van der Waals surface area (Å²) in [6, 6.07) is 12.6. The number of furan rings is 1. The van der Waals surface area contributed by atoms with Crippen LogP contribution in [0.5, 0.6) is 0 Å². The van der Waals surface area contributed by atoms with Gasteiger partial charge in [0.05, 0.1) is 6.10 Å². The molecule has 8 heteroatoms. The Balaban J connectivity index is 1.36. The lowest BCUT2D eigenvalue weighted by Gasteiger charge is -2.10. The largest absolute Gasteiger partial charge is 0.451 e. The van der Waals surface area contributed by atoms with E-state index in [9.17, 15) is 14.4 Å². The molecule has 1 aromatic heterocycles. The average molecular weight is 385 g/mol. The Bertz CT molecular complexity index is 812. The maximum atomic E-state index is 12.1. The van der Waals surface area contributed by atoms with Gasteiger partial charge in [-0.1, -0.05) is 30.3 Å². The van der Waals surface area contributed by atoms with Crippen molar-refractivity contribution >= 4 is 17.7 Å². The Morgan fingerprint density at radius 2 is 1.75 bits per heavy atom. The zero-order chi connectivity index (χ0) is 19.8. The fraction of sp³-hybridized carbons (Fsp3) is 0.350. The molecule has 1 atom stereocenters. The highest BCUT2D eigenvalue weighted by molar-refractivity contribution is 5.93. The first-order valence-electron chi connectivity index (χ1n) is 9.24. The van der Waals surface area contributed by atoms with E-state index in [4.69, 9.17) is 9.15 Å². The quantitative estimate of drug-likeness (QED) is 0.630. The molecule has 2 aromatic rings. The van der Waals surface area contributed by atoms with Crippen LogP contribution in [0.2, 0.25) is 0 Å². The van der Waals surface area contributed by atoms with E-state index in [1.165, 1.54) is 6.07 Å². The number of ether oxygens (including phenoxy) is 1. The summed E-state index contributed by atoms with van der Waals surface area (Å²) in [6.45, 7) is 1.19. The molecule has 1 fully saturated rings. The monoisotopic (exact) mass is 385 g/mol. The molecule has 0 saturated carbocycles. The Hall–Kier alpha value is -3.13. The van der Waals surface area contributed by atoms with E-state index in [2.05, 4.69) is 16.2 Å². The lowest BCUT2D eigenvalue weighted by Crippen LogP contribution is -2.42. The Kier molecular flexibility index (Phi) is 6.80. The number of amides is 3. The topological polar surface area (TPSA) is 110 Å². The van der Waals surface area contributed by atoms with Crippen LogP contribution in [0.15, 0.2) is 46.9 Å². The summed E-state index contributed by atoms with van der Waals surface area (Å²) in [5.41, 5.74) is 5.41. The van der Waals surface area contributed by atoms with Gasteiger partial charge in [-0.3, -0.25) is 25.2 Å². The van der Waals surface area contributed by atoms with E-state index in [0.29, 0.717) is 12.3 Å². The van der Waals surface area contributed by atoms with Crippen molar-refractivity contribution in [1.29, 1.82) is 0 Å². The molecular weight excluding hydrogens is 362 g/mol. The van der Waals surface area contributed by atoms with Gasteiger partial charge < -0.3 is 14.5 Å². The fourth-order valence-electron chi connectivity index (χ4n) is 2.82. The van der Waals surface area contributed by atoms with Crippen LogP contribution in [0.3, 0.4) is 0 Å². The molecule has 2 heterocycles. The number of rotatable bonds is 7. The van der Waals surface area contributed by atoms with Crippen LogP contribution >= 0.6 is 0 Å². The number of carbonyl (C=O) groups is 3. The molecular formula is C20H23N3O5. The maximum absolute atomic E-state index is 12.1. The van der Waals surface area contributed by atoms with Gasteiger partial charge in [0, 0.05) is 31.6 Å². The predicted molar refractivity (Wildman–Crippen MR) is 101 cm³/mol. The third-order valence-electron chi connectivity index (χ3n) is 4.33. The molecule has 1 aliphatic rings. The Morgan fingerprint density at radius 3 is 2.50 bits per heavy atom. The van der Waals surface area contributed by atoms with E-state index in [0.717, 1.165) is 25.0 Å². The van der Waals surface area contributed by atoms with Crippen molar-refractivity contribution in [2.45, 2.75) is 31.8 Å². The van der Waals surface area contributed by atoms with Crippen LogP contribution in [-0.2, 0) is 14.3 Å². The van der Waals surface area contributed by atoms with Gasteiger partial charge in [0.15, 0.2) is 5.76 Å². The first-order valence-corrected chi connectivity index (χ1v) is 9.24. The molecule has 1 aromatic carbocycles. The normalized spacial score (nSPS) is 15.8. The SMILES string of the molecule is O=C(CCC(=O)NNC(=O)c1ccc(-c2ccccc2)o1)NCC1CCCO1. The molecule has 1 aliphatic heterocycles. The number of hydrogen-bond acceptors (Lipinski definition) is 5. The van der Waals surface area contributed by atoms with Gasteiger partial charge in [-0.05, 0) is 25.0 Å². The molecule has 0 bridgehead atoms. The van der Waals surface area contributed by atoms with E-state index < -0.39 is 11.8 Å². The van der Waals surface area contributed by atoms with Gasteiger partial charge in [-0.15, -0.1) is 0 Å². The van der Waals surface area contributed by atoms with Crippen LogP contribution in [0.1, 0.15) is 36.2 Å². The van der Waals surface area contributed by atoms with Crippen molar-refractivity contribution in [2.24, 2.45) is 0 Å². The van der Waals surface area contributed by atoms with Crippen LogP contribution < -0.4 is 16.2 Å². The van der Waals surface area contributed by atoms with Crippen LogP contribution in [0.25, 0.3) is 11.3 Å². The van der Waals surface area contributed by atoms with Crippen LogP contribution in [-0.4, -0.2) is 37.0 Å². The van der Waals surface area contributed by atoms with E-state index in [-0.39, 0.29) is 30.6 Å². The summed E-state index contributed by atoms with van der Waals surface area (Å²) in [4.78, 5) is 35.6. The third-order valence-corrected chi connectivity index (χ3v) is 4.33. The summed E-state index contributed by atoms with van der Waals surface area (Å²) >= 11 is 0. The fourth-order valence-corrected chi connectivity index (χ4v) is 2.82. The molecule has 0 radical (unpaired) electrons. The van der Waals surface area contributed by atoms with Crippen molar-refractivity contribution in [3.8, 4) is 11.3 Å². The second kappa shape index (κ2) is 9.70.